The van der Waals surface area contributed by atoms with Crippen molar-refractivity contribution in [3.05, 3.63) is 82.0 Å². The number of amides is 1. The van der Waals surface area contributed by atoms with E-state index in [9.17, 15) is 9.59 Å². The topological polar surface area (TPSA) is 89.5 Å². The summed E-state index contributed by atoms with van der Waals surface area (Å²) in [6, 6.07) is 15.3. The third-order valence-electron chi connectivity index (χ3n) is 6.43. The molecular weight excluding hydrogens is 490 g/mol. The molecule has 0 bridgehead atoms. The van der Waals surface area contributed by atoms with Gasteiger partial charge in [0.25, 0.3) is 0 Å². The van der Waals surface area contributed by atoms with Crippen LogP contribution in [0.1, 0.15) is 43.4 Å². The molecule has 0 saturated heterocycles. The van der Waals surface area contributed by atoms with Crippen molar-refractivity contribution in [1.29, 1.82) is 0 Å². The van der Waals surface area contributed by atoms with Crippen LogP contribution in [0.15, 0.2) is 75.9 Å². The minimum absolute atomic E-state index is 0.0394. The highest BCUT2D eigenvalue weighted by molar-refractivity contribution is 8.16. The van der Waals surface area contributed by atoms with Gasteiger partial charge in [0.15, 0.2) is 16.7 Å². The summed E-state index contributed by atoms with van der Waals surface area (Å²) >= 11 is 1.44. The maximum atomic E-state index is 13.0. The summed E-state index contributed by atoms with van der Waals surface area (Å²) in [4.78, 5) is 32.3. The van der Waals surface area contributed by atoms with Crippen LogP contribution in [0.5, 0.6) is 11.5 Å². The number of benzene rings is 2. The molecule has 1 fully saturated rings. The first-order chi connectivity index (χ1) is 18.0. The average molecular weight is 520 g/mol. The Morgan fingerprint density at radius 1 is 1.11 bits per heavy atom. The summed E-state index contributed by atoms with van der Waals surface area (Å²) in [7, 11) is 2.95. The lowest BCUT2D eigenvalue weighted by molar-refractivity contribution is -0.136. The molecule has 1 N–H and O–H groups in total. The van der Waals surface area contributed by atoms with E-state index in [4.69, 9.17) is 14.2 Å². The molecule has 37 heavy (non-hydrogen) atoms. The van der Waals surface area contributed by atoms with Gasteiger partial charge in [-0.2, -0.15) is 0 Å². The van der Waals surface area contributed by atoms with Gasteiger partial charge in [0.05, 0.1) is 38.0 Å². The third kappa shape index (κ3) is 5.36. The van der Waals surface area contributed by atoms with Crippen molar-refractivity contribution < 1.29 is 23.8 Å². The maximum absolute atomic E-state index is 13.0. The second-order valence-electron chi connectivity index (χ2n) is 9.09. The summed E-state index contributed by atoms with van der Waals surface area (Å²) in [5.41, 5.74) is 3.62. The molecule has 1 amide bonds. The number of methoxy groups -OCH3 is 2. The van der Waals surface area contributed by atoms with Gasteiger partial charge in [-0.3, -0.25) is 4.79 Å². The Morgan fingerprint density at radius 2 is 1.89 bits per heavy atom. The molecule has 0 spiro atoms. The van der Waals surface area contributed by atoms with Crippen LogP contribution in [-0.2, 0) is 20.9 Å². The maximum Gasteiger partial charge on any atom is 0.338 e. The van der Waals surface area contributed by atoms with E-state index in [-0.39, 0.29) is 18.4 Å². The fourth-order valence-corrected chi connectivity index (χ4v) is 5.40. The highest BCUT2D eigenvalue weighted by Crippen LogP contribution is 2.46. The number of fused-ring (bicyclic) bond motifs is 1. The second kappa shape index (κ2) is 10.7. The lowest BCUT2D eigenvalue weighted by Crippen LogP contribution is -2.38. The first-order valence-corrected chi connectivity index (χ1v) is 13.0. The number of hydrogen-bond acceptors (Lipinski definition) is 8. The van der Waals surface area contributed by atoms with E-state index in [1.54, 1.807) is 14.0 Å². The van der Waals surface area contributed by atoms with Crippen LogP contribution in [0, 0.1) is 0 Å². The van der Waals surface area contributed by atoms with E-state index in [1.165, 1.54) is 18.9 Å². The molecule has 1 aliphatic carbocycles. The Kier molecular flexibility index (Phi) is 7.23. The number of esters is 1. The number of ether oxygens (including phenoxy) is 3. The Labute approximate surface area is 220 Å². The molecule has 8 nitrogen and oxygen atoms in total. The summed E-state index contributed by atoms with van der Waals surface area (Å²) in [6.45, 7) is 2.20. The molecule has 192 valence electrons. The fourth-order valence-electron chi connectivity index (χ4n) is 4.44. The van der Waals surface area contributed by atoms with Gasteiger partial charge in [-0.05, 0) is 48.4 Å². The van der Waals surface area contributed by atoms with E-state index in [2.05, 4.69) is 10.3 Å². The predicted molar refractivity (Wildman–Crippen MR) is 142 cm³/mol. The third-order valence-corrected chi connectivity index (χ3v) is 7.32. The number of nitrogens with one attached hydrogen (secondary N) is 1. The summed E-state index contributed by atoms with van der Waals surface area (Å²) in [5.74, 6) is 0.633. The number of nitrogens with zero attached hydrogens (tertiary/aromatic N) is 2. The Bertz CT molecular complexity index is 1300. The van der Waals surface area contributed by atoms with Crippen molar-refractivity contribution in [2.45, 2.75) is 44.9 Å². The van der Waals surface area contributed by atoms with E-state index in [0.29, 0.717) is 34.5 Å². The quantitative estimate of drug-likeness (QED) is 0.481. The largest absolute Gasteiger partial charge is 0.493 e. The van der Waals surface area contributed by atoms with Crippen molar-refractivity contribution in [3.8, 4) is 11.5 Å². The zero-order valence-corrected chi connectivity index (χ0v) is 21.8. The monoisotopic (exact) mass is 519 g/mol. The molecule has 2 aromatic rings. The number of allylic oxidation sites excluding steroid dienone is 1. The Morgan fingerprint density at radius 3 is 2.59 bits per heavy atom. The van der Waals surface area contributed by atoms with Gasteiger partial charge < -0.3 is 24.4 Å². The second-order valence-corrected chi connectivity index (χ2v) is 9.92. The van der Waals surface area contributed by atoms with Gasteiger partial charge in [0.1, 0.15) is 6.61 Å². The SMILES string of the molecule is COC(=O)C1=C(C)N=C2SC=C(CC(=O)NC3CC3)N2[C@@H]1c1ccc(OCc2ccccc2)c(OC)c1. The van der Waals surface area contributed by atoms with Crippen molar-refractivity contribution in [1.82, 2.24) is 10.2 Å². The summed E-state index contributed by atoms with van der Waals surface area (Å²) < 4.78 is 16.9. The first-order valence-electron chi connectivity index (χ1n) is 12.1. The molecule has 0 unspecified atom stereocenters. The molecule has 9 heteroatoms. The minimum Gasteiger partial charge on any atom is -0.493 e. The predicted octanol–water partition coefficient (Wildman–Crippen LogP) is 4.69. The average Bonchev–Trinajstić information content (AvgIpc) is 3.65. The number of carbonyl (C=O) groups is 2. The van der Waals surface area contributed by atoms with E-state index in [0.717, 1.165) is 29.7 Å². The normalized spacial score (nSPS) is 18.6. The summed E-state index contributed by atoms with van der Waals surface area (Å²) in [5, 5.41) is 5.69. The molecule has 1 saturated carbocycles. The van der Waals surface area contributed by atoms with Gasteiger partial charge in [0.2, 0.25) is 5.91 Å². The van der Waals surface area contributed by atoms with Gasteiger partial charge in [-0.15, -0.1) is 0 Å². The molecular formula is C28H29N3O5S. The van der Waals surface area contributed by atoms with Crippen molar-refractivity contribution in [2.75, 3.05) is 14.2 Å². The Balaban J connectivity index is 1.47. The molecule has 3 aliphatic rings. The molecule has 1 atom stereocenters. The first kappa shape index (κ1) is 25.0. The van der Waals surface area contributed by atoms with Crippen LogP contribution in [0.4, 0.5) is 0 Å². The number of hydrogen-bond donors (Lipinski definition) is 1. The smallest absolute Gasteiger partial charge is 0.338 e. The summed E-state index contributed by atoms with van der Waals surface area (Å²) in [6.07, 6.45) is 2.24. The number of amidine groups is 1. The van der Waals surface area contributed by atoms with Crippen LogP contribution < -0.4 is 14.8 Å². The van der Waals surface area contributed by atoms with Crippen molar-refractivity contribution >= 4 is 28.8 Å². The van der Waals surface area contributed by atoms with E-state index < -0.39 is 12.0 Å². The van der Waals surface area contributed by atoms with Gasteiger partial charge in [-0.25, -0.2) is 9.79 Å². The zero-order chi connectivity index (χ0) is 25.9. The number of rotatable bonds is 9. The zero-order valence-electron chi connectivity index (χ0n) is 21.0. The highest BCUT2D eigenvalue weighted by Gasteiger charge is 2.41. The van der Waals surface area contributed by atoms with Crippen LogP contribution in [-0.4, -0.2) is 42.2 Å². The van der Waals surface area contributed by atoms with Crippen molar-refractivity contribution in [3.63, 3.8) is 0 Å². The molecule has 5 rings (SSSR count). The highest BCUT2D eigenvalue weighted by atomic mass is 32.2. The Hall–Kier alpha value is -3.72. The molecule has 2 heterocycles. The molecule has 0 radical (unpaired) electrons. The van der Waals surface area contributed by atoms with Crippen LogP contribution in [0.25, 0.3) is 0 Å². The van der Waals surface area contributed by atoms with Crippen LogP contribution in [0.2, 0.25) is 0 Å². The van der Waals surface area contributed by atoms with Crippen molar-refractivity contribution in [2.24, 2.45) is 4.99 Å². The van der Waals surface area contributed by atoms with Gasteiger partial charge >= 0.3 is 5.97 Å². The van der Waals surface area contributed by atoms with Crippen LogP contribution >= 0.6 is 11.8 Å². The fraction of sp³-hybridized carbons (Fsp3) is 0.321. The van der Waals surface area contributed by atoms with Gasteiger partial charge in [-0.1, -0.05) is 48.2 Å². The molecule has 0 aromatic heterocycles. The molecule has 2 aliphatic heterocycles. The van der Waals surface area contributed by atoms with Gasteiger partial charge in [0, 0.05) is 11.7 Å². The standard InChI is InChI=1S/C28H29N3O5S/c1-17-25(27(33)35-3)26(31-21(16-37-28(31)29-17)14-24(32)30-20-10-11-20)19-9-12-22(23(13-19)34-2)36-15-18-7-5-4-6-8-18/h4-9,12-13,16,20,26H,10-11,14-15H2,1-3H3,(H,30,32)/t26-/m1/s1. The molecule has 2 aromatic carbocycles. The van der Waals surface area contributed by atoms with Crippen LogP contribution in [0.3, 0.4) is 0 Å². The minimum atomic E-state index is -0.535. The number of aliphatic imine (C=N–C) groups is 1. The van der Waals surface area contributed by atoms with E-state index >= 15 is 0 Å². The lowest BCUT2D eigenvalue weighted by atomic mass is 9.93. The number of carbonyl (C=O) groups excluding carboxylic acids is 2. The lowest BCUT2D eigenvalue weighted by Gasteiger charge is -2.36. The number of thioether (sulfide) groups is 1. The van der Waals surface area contributed by atoms with E-state index in [1.807, 2.05) is 58.8 Å².